The quantitative estimate of drug-likeness (QED) is 0.176. The van der Waals surface area contributed by atoms with E-state index in [0.717, 1.165) is 39.3 Å². The molecule has 0 aliphatic heterocycles. The summed E-state index contributed by atoms with van der Waals surface area (Å²) >= 11 is 3.76. The smallest absolute Gasteiger partial charge is 0.0991 e. The van der Waals surface area contributed by atoms with Crippen LogP contribution in [0.2, 0.25) is 0 Å². The summed E-state index contributed by atoms with van der Waals surface area (Å²) in [5, 5.41) is 19.6. The fraction of sp³-hybridized carbons (Fsp3) is 0. The van der Waals surface area contributed by atoms with E-state index in [4.69, 9.17) is 0 Å². The molecule has 0 fully saturated rings. The number of hydrogen-bond donors (Lipinski definition) is 0. The predicted octanol–water partition coefficient (Wildman–Crippen LogP) is 15.4. The van der Waals surface area contributed by atoms with Gasteiger partial charge in [0.05, 0.1) is 11.6 Å². The maximum atomic E-state index is 9.19. The molecule has 0 amide bonds. The number of thiophene rings is 2. The van der Waals surface area contributed by atoms with Crippen molar-refractivity contribution in [1.82, 2.24) is 0 Å². The van der Waals surface area contributed by atoms with Crippen LogP contribution in [0.1, 0.15) is 5.56 Å². The average Bonchev–Trinajstić information content (AvgIpc) is 3.82. The minimum atomic E-state index is 0.671. The molecule has 4 heteroatoms. The highest BCUT2D eigenvalue weighted by Crippen LogP contribution is 2.45. The van der Waals surface area contributed by atoms with Crippen molar-refractivity contribution in [2.75, 3.05) is 4.90 Å². The zero-order valence-corrected chi connectivity index (χ0v) is 31.2. The molecule has 0 unspecified atom stereocenters. The van der Waals surface area contributed by atoms with E-state index in [1.54, 1.807) is 0 Å². The average molecular weight is 735 g/mol. The highest BCUT2D eigenvalue weighted by molar-refractivity contribution is 7.27. The van der Waals surface area contributed by atoms with Crippen molar-refractivity contribution in [1.29, 1.82) is 5.26 Å². The second-order valence-corrected chi connectivity index (χ2v) is 16.1. The van der Waals surface area contributed by atoms with Crippen molar-refractivity contribution in [2.45, 2.75) is 0 Å². The Labute approximate surface area is 326 Å². The largest absolute Gasteiger partial charge is 0.310 e. The first kappa shape index (κ1) is 31.7. The highest BCUT2D eigenvalue weighted by atomic mass is 32.1. The summed E-state index contributed by atoms with van der Waals surface area (Å²) < 4.78 is 5.24. The first-order valence-electron chi connectivity index (χ1n) is 18.4. The molecule has 0 spiro atoms. The third kappa shape index (κ3) is 5.28. The van der Waals surface area contributed by atoms with Crippen LogP contribution in [0, 0.1) is 11.3 Å². The van der Waals surface area contributed by atoms with Gasteiger partial charge < -0.3 is 4.90 Å². The molecule has 11 rings (SSSR count). The first-order chi connectivity index (χ1) is 27.2. The van der Waals surface area contributed by atoms with Crippen LogP contribution in [-0.2, 0) is 0 Å². The van der Waals surface area contributed by atoms with Crippen molar-refractivity contribution in [3.05, 3.63) is 188 Å². The van der Waals surface area contributed by atoms with Crippen LogP contribution in [-0.4, -0.2) is 0 Å². The Morgan fingerprint density at radius 3 is 1.24 bits per heavy atom. The highest BCUT2D eigenvalue weighted by Gasteiger charge is 2.18. The zero-order valence-electron chi connectivity index (χ0n) is 29.5. The van der Waals surface area contributed by atoms with E-state index < -0.39 is 0 Å². The van der Waals surface area contributed by atoms with E-state index in [1.165, 1.54) is 61.9 Å². The maximum absolute atomic E-state index is 9.19. The lowest BCUT2D eigenvalue weighted by Gasteiger charge is -2.26. The van der Waals surface area contributed by atoms with Gasteiger partial charge >= 0.3 is 0 Å². The Kier molecular flexibility index (Phi) is 7.31. The lowest BCUT2D eigenvalue weighted by molar-refractivity contribution is 1.30. The van der Waals surface area contributed by atoms with Gasteiger partial charge in [-0.2, -0.15) is 5.26 Å². The van der Waals surface area contributed by atoms with Crippen LogP contribution in [0.25, 0.3) is 84.1 Å². The van der Waals surface area contributed by atoms with E-state index >= 15 is 0 Å². The Morgan fingerprint density at radius 2 is 0.764 bits per heavy atom. The van der Waals surface area contributed by atoms with Gasteiger partial charge in [-0.1, -0.05) is 133 Å². The van der Waals surface area contributed by atoms with Gasteiger partial charge in [0.15, 0.2) is 0 Å². The number of nitrogens with zero attached hydrogens (tertiary/aromatic N) is 2. The fourth-order valence-corrected chi connectivity index (χ4v) is 10.6. The predicted molar refractivity (Wildman–Crippen MR) is 238 cm³/mol. The molecule has 0 aliphatic rings. The van der Waals surface area contributed by atoms with E-state index in [9.17, 15) is 5.26 Å². The topological polar surface area (TPSA) is 27.0 Å². The minimum absolute atomic E-state index is 0.671. The van der Waals surface area contributed by atoms with E-state index in [0.29, 0.717) is 5.56 Å². The Bertz CT molecular complexity index is 3160. The zero-order chi connectivity index (χ0) is 36.5. The van der Waals surface area contributed by atoms with Crippen LogP contribution >= 0.6 is 22.7 Å². The molecule has 0 atom stereocenters. The summed E-state index contributed by atoms with van der Waals surface area (Å²) in [7, 11) is 0. The third-order valence-electron chi connectivity index (χ3n) is 10.9. The van der Waals surface area contributed by atoms with Crippen molar-refractivity contribution in [2.24, 2.45) is 0 Å². The molecular formula is C51H30N2S2. The second-order valence-electron chi connectivity index (χ2n) is 14.0. The second kappa shape index (κ2) is 12.7. The molecule has 2 aromatic heterocycles. The molecule has 0 N–H and O–H groups in total. The molecule has 0 aliphatic carbocycles. The number of anilines is 3. The summed E-state index contributed by atoms with van der Waals surface area (Å²) in [4.78, 5) is 2.40. The SMILES string of the molecule is N#Cc1ccc(-c2ccc(-c3ccc(N(c4ccc5c(c4)sc4c6ccccc6ccc54)c4ccc5c(c4)sc4c6ccccc6ccc54)cc3)cc2)cc1. The van der Waals surface area contributed by atoms with E-state index in [1.807, 2.05) is 46.9 Å². The normalized spacial score (nSPS) is 11.6. The summed E-state index contributed by atoms with van der Waals surface area (Å²) in [5.41, 5.74) is 8.60. The lowest BCUT2D eigenvalue weighted by atomic mass is 9.99. The standard InChI is InChI=1S/C51H30N2S2/c52-31-32-9-11-33(12-10-32)34-13-15-35(16-14-34)36-17-21-39(22-18-36)53(40-23-27-44-46-25-19-37-5-1-3-7-42(37)50(46)54-48(44)29-40)41-24-28-45-47-26-20-38-6-2-4-8-43(38)51(47)55-49(45)30-41/h1-30H. The molecular weight excluding hydrogens is 705 g/mol. The summed E-state index contributed by atoms with van der Waals surface area (Å²) in [6.07, 6.45) is 0. The first-order valence-corrected chi connectivity index (χ1v) is 20.0. The number of fused-ring (bicyclic) bond motifs is 10. The molecule has 55 heavy (non-hydrogen) atoms. The van der Waals surface area contributed by atoms with Crippen molar-refractivity contribution >= 4 is 102 Å². The van der Waals surface area contributed by atoms with Crippen LogP contribution in [0.3, 0.4) is 0 Å². The number of hydrogen-bond acceptors (Lipinski definition) is 4. The van der Waals surface area contributed by atoms with Gasteiger partial charge in [-0.05, 0) is 92.3 Å². The van der Waals surface area contributed by atoms with Crippen molar-refractivity contribution in [3.63, 3.8) is 0 Å². The van der Waals surface area contributed by atoms with Crippen LogP contribution in [0.4, 0.5) is 17.1 Å². The molecule has 0 saturated carbocycles. The molecule has 0 bridgehead atoms. The van der Waals surface area contributed by atoms with Gasteiger partial charge in [-0.25, -0.2) is 0 Å². The Morgan fingerprint density at radius 1 is 0.364 bits per heavy atom. The molecule has 11 aromatic rings. The number of nitriles is 1. The van der Waals surface area contributed by atoms with Crippen LogP contribution in [0.15, 0.2) is 182 Å². The molecule has 0 saturated heterocycles. The maximum Gasteiger partial charge on any atom is 0.0991 e. The number of rotatable bonds is 5. The van der Waals surface area contributed by atoms with Crippen molar-refractivity contribution in [3.8, 4) is 28.3 Å². The molecule has 2 heterocycles. The van der Waals surface area contributed by atoms with E-state index in [2.05, 4.69) is 169 Å². The van der Waals surface area contributed by atoms with Gasteiger partial charge in [0.2, 0.25) is 0 Å². The molecule has 9 aromatic carbocycles. The minimum Gasteiger partial charge on any atom is -0.310 e. The van der Waals surface area contributed by atoms with Crippen molar-refractivity contribution < 1.29 is 0 Å². The molecule has 0 radical (unpaired) electrons. The molecule has 2 nitrogen and oxygen atoms in total. The third-order valence-corrected chi connectivity index (χ3v) is 13.3. The van der Waals surface area contributed by atoms with Gasteiger partial charge in [-0.15, -0.1) is 22.7 Å². The lowest BCUT2D eigenvalue weighted by Crippen LogP contribution is -2.09. The summed E-state index contributed by atoms with van der Waals surface area (Å²) in [6, 6.07) is 67.9. The van der Waals surface area contributed by atoms with Gasteiger partial charge in [0, 0.05) is 57.4 Å². The summed E-state index contributed by atoms with van der Waals surface area (Å²) in [6.45, 7) is 0. The van der Waals surface area contributed by atoms with E-state index in [-0.39, 0.29) is 0 Å². The molecule has 256 valence electrons. The number of benzene rings is 9. The fourth-order valence-electron chi connectivity index (χ4n) is 8.11. The van der Waals surface area contributed by atoms with Crippen LogP contribution < -0.4 is 4.90 Å². The van der Waals surface area contributed by atoms with Gasteiger partial charge in [0.1, 0.15) is 0 Å². The summed E-state index contributed by atoms with van der Waals surface area (Å²) in [5.74, 6) is 0. The van der Waals surface area contributed by atoms with Gasteiger partial charge in [0.25, 0.3) is 0 Å². The van der Waals surface area contributed by atoms with Crippen LogP contribution in [0.5, 0.6) is 0 Å². The monoisotopic (exact) mass is 734 g/mol. The Balaban J connectivity index is 1.03. The Hall–Kier alpha value is -6.77. The van der Waals surface area contributed by atoms with Gasteiger partial charge in [-0.3, -0.25) is 0 Å².